The number of nitrogen functional groups attached to an aromatic ring is 1. The molecule has 0 radical (unpaired) electrons. The molecule has 4 N–H and O–H groups in total. The molecule has 3 rings (SSSR count). The van der Waals surface area contributed by atoms with Gasteiger partial charge in [0.25, 0.3) is 0 Å². The van der Waals surface area contributed by atoms with Crippen molar-refractivity contribution >= 4 is 16.9 Å². The molecule has 0 spiro atoms. The van der Waals surface area contributed by atoms with Crippen LogP contribution >= 0.6 is 0 Å². The number of fused-ring (bicyclic) bond motifs is 1. The minimum atomic E-state index is -0.0715. The van der Waals surface area contributed by atoms with Gasteiger partial charge in [0.05, 0.1) is 5.52 Å². The first-order valence-corrected chi connectivity index (χ1v) is 8.77. The number of nitrogens with one attached hydrogen (secondary N) is 2. The maximum Gasteiger partial charge on any atom is 0.326 e. The lowest BCUT2D eigenvalue weighted by atomic mass is 9.98. The fraction of sp³-hybridized carbons (Fsp3) is 0.647. The van der Waals surface area contributed by atoms with Crippen molar-refractivity contribution in [3.05, 3.63) is 22.2 Å². The van der Waals surface area contributed by atoms with Gasteiger partial charge in [0.1, 0.15) is 11.3 Å². The van der Waals surface area contributed by atoms with Gasteiger partial charge in [0.2, 0.25) is 0 Å². The van der Waals surface area contributed by atoms with Gasteiger partial charge in [-0.2, -0.15) is 0 Å². The number of aromatic nitrogens is 3. The Hall–Kier alpha value is -1.82. The molecule has 0 aliphatic carbocycles. The summed E-state index contributed by atoms with van der Waals surface area (Å²) in [5.74, 6) is 0.987. The molecule has 2 aromatic heterocycles. The summed E-state index contributed by atoms with van der Waals surface area (Å²) in [6.45, 7) is 5.02. The van der Waals surface area contributed by atoms with Crippen molar-refractivity contribution in [2.75, 3.05) is 18.8 Å². The highest BCUT2D eigenvalue weighted by atomic mass is 16.1. The van der Waals surface area contributed by atoms with Crippen LogP contribution in [-0.2, 0) is 13.0 Å². The zero-order valence-electron chi connectivity index (χ0n) is 13.9. The molecular weight excluding hydrogens is 290 g/mol. The highest BCUT2D eigenvalue weighted by Gasteiger charge is 2.18. The first kappa shape index (κ1) is 16.1. The Morgan fingerprint density at radius 3 is 2.87 bits per heavy atom. The predicted molar refractivity (Wildman–Crippen MR) is 93.6 cm³/mol. The molecule has 0 saturated carbocycles. The quantitative estimate of drug-likeness (QED) is 0.711. The second-order valence-electron chi connectivity index (χ2n) is 6.58. The molecule has 1 aliphatic rings. The fourth-order valence-electron chi connectivity index (χ4n) is 3.42. The average molecular weight is 317 g/mol. The van der Waals surface area contributed by atoms with Crippen LogP contribution in [-0.4, -0.2) is 27.6 Å². The van der Waals surface area contributed by atoms with Crippen LogP contribution in [0.15, 0.2) is 10.9 Å². The standard InChI is InChI=1S/C17H27N5O/c1-2-3-4-5-13-10-14-15(16(18)20-13)21-17(23)22(14)11-12-6-8-19-9-7-12/h10,12,19H,2-9,11H2,1H3,(H2,18,20)(H,21,23). The summed E-state index contributed by atoms with van der Waals surface area (Å²) in [5.41, 5.74) is 8.58. The van der Waals surface area contributed by atoms with Crippen LogP contribution in [0.3, 0.4) is 0 Å². The summed E-state index contributed by atoms with van der Waals surface area (Å²) in [5, 5.41) is 3.37. The monoisotopic (exact) mass is 317 g/mol. The van der Waals surface area contributed by atoms with Crippen molar-refractivity contribution in [2.45, 2.75) is 52.0 Å². The van der Waals surface area contributed by atoms with Crippen LogP contribution in [0.1, 0.15) is 44.7 Å². The maximum absolute atomic E-state index is 12.3. The van der Waals surface area contributed by atoms with Crippen molar-refractivity contribution in [2.24, 2.45) is 5.92 Å². The molecule has 6 heteroatoms. The molecule has 1 aliphatic heterocycles. The lowest BCUT2D eigenvalue weighted by molar-refractivity contribution is 0.333. The first-order chi connectivity index (χ1) is 11.2. The van der Waals surface area contributed by atoms with E-state index in [1.54, 1.807) is 0 Å². The summed E-state index contributed by atoms with van der Waals surface area (Å²) in [6, 6.07) is 2.04. The summed E-state index contributed by atoms with van der Waals surface area (Å²) in [4.78, 5) is 19.7. The van der Waals surface area contributed by atoms with Crippen molar-refractivity contribution < 1.29 is 0 Å². The highest BCUT2D eigenvalue weighted by Crippen LogP contribution is 2.21. The summed E-state index contributed by atoms with van der Waals surface area (Å²) < 4.78 is 1.85. The number of pyridine rings is 1. The Labute approximate surface area is 136 Å². The summed E-state index contributed by atoms with van der Waals surface area (Å²) in [7, 11) is 0. The lowest BCUT2D eigenvalue weighted by Gasteiger charge is -2.22. The predicted octanol–water partition coefficient (Wildman–Crippen LogP) is 2.04. The zero-order valence-corrected chi connectivity index (χ0v) is 13.9. The Kier molecular flexibility index (Phi) is 5.00. The number of aryl methyl sites for hydroxylation is 1. The van der Waals surface area contributed by atoms with E-state index in [9.17, 15) is 4.79 Å². The minimum absolute atomic E-state index is 0.0715. The normalized spacial score (nSPS) is 16.2. The van der Waals surface area contributed by atoms with Gasteiger partial charge >= 0.3 is 5.69 Å². The average Bonchev–Trinajstić information content (AvgIpc) is 2.86. The number of piperidine rings is 1. The van der Waals surface area contributed by atoms with E-state index in [1.807, 2.05) is 10.6 Å². The van der Waals surface area contributed by atoms with E-state index in [-0.39, 0.29) is 5.69 Å². The smallest absolute Gasteiger partial charge is 0.326 e. The van der Waals surface area contributed by atoms with E-state index >= 15 is 0 Å². The molecular formula is C17H27N5O. The van der Waals surface area contributed by atoms with E-state index in [0.29, 0.717) is 17.3 Å². The molecule has 0 amide bonds. The third-order valence-electron chi connectivity index (χ3n) is 4.78. The number of nitrogens with zero attached hydrogens (tertiary/aromatic N) is 2. The summed E-state index contributed by atoms with van der Waals surface area (Å²) in [6.07, 6.45) is 6.63. The maximum atomic E-state index is 12.3. The van der Waals surface area contributed by atoms with Crippen LogP contribution in [0.2, 0.25) is 0 Å². The molecule has 0 bridgehead atoms. The lowest BCUT2D eigenvalue weighted by Crippen LogP contribution is -2.31. The van der Waals surface area contributed by atoms with Gasteiger partial charge in [-0.3, -0.25) is 4.57 Å². The number of anilines is 1. The molecule has 3 heterocycles. The number of imidazole rings is 1. The van der Waals surface area contributed by atoms with Gasteiger partial charge in [0, 0.05) is 12.2 Å². The third-order valence-corrected chi connectivity index (χ3v) is 4.78. The first-order valence-electron chi connectivity index (χ1n) is 8.77. The molecule has 126 valence electrons. The Morgan fingerprint density at radius 2 is 2.13 bits per heavy atom. The minimum Gasteiger partial charge on any atom is -0.382 e. The van der Waals surface area contributed by atoms with Crippen LogP contribution in [0, 0.1) is 5.92 Å². The SMILES string of the molecule is CCCCCc1cc2c([nH]c(=O)n2CC2CCNCC2)c(N)n1. The van der Waals surface area contributed by atoms with E-state index < -0.39 is 0 Å². The van der Waals surface area contributed by atoms with E-state index in [0.717, 1.165) is 56.5 Å². The summed E-state index contributed by atoms with van der Waals surface area (Å²) >= 11 is 0. The van der Waals surface area contributed by atoms with E-state index in [4.69, 9.17) is 5.73 Å². The van der Waals surface area contributed by atoms with Gasteiger partial charge in [-0.25, -0.2) is 9.78 Å². The number of nitrogens with two attached hydrogens (primary N) is 1. The molecule has 2 aromatic rings. The fourth-order valence-corrected chi connectivity index (χ4v) is 3.42. The van der Waals surface area contributed by atoms with Gasteiger partial charge in [-0.05, 0) is 50.8 Å². The van der Waals surface area contributed by atoms with Crippen LogP contribution in [0.4, 0.5) is 5.82 Å². The molecule has 6 nitrogen and oxygen atoms in total. The van der Waals surface area contributed by atoms with Gasteiger partial charge in [-0.15, -0.1) is 0 Å². The number of hydrogen-bond donors (Lipinski definition) is 3. The highest BCUT2D eigenvalue weighted by molar-refractivity contribution is 5.85. The number of H-pyrrole nitrogens is 1. The van der Waals surface area contributed by atoms with E-state index in [1.165, 1.54) is 12.8 Å². The van der Waals surface area contributed by atoms with Crippen LogP contribution in [0.5, 0.6) is 0 Å². The molecule has 23 heavy (non-hydrogen) atoms. The van der Waals surface area contributed by atoms with Gasteiger partial charge < -0.3 is 16.0 Å². The third kappa shape index (κ3) is 3.58. The zero-order chi connectivity index (χ0) is 16.2. The molecule has 0 aromatic carbocycles. The van der Waals surface area contributed by atoms with Gasteiger partial charge in [-0.1, -0.05) is 19.8 Å². The largest absolute Gasteiger partial charge is 0.382 e. The second kappa shape index (κ2) is 7.17. The van der Waals surface area contributed by atoms with Gasteiger partial charge in [0.15, 0.2) is 0 Å². The van der Waals surface area contributed by atoms with Crippen LogP contribution < -0.4 is 16.7 Å². The van der Waals surface area contributed by atoms with Crippen molar-refractivity contribution in [1.82, 2.24) is 19.9 Å². The number of rotatable bonds is 6. The Balaban J connectivity index is 1.89. The molecule has 1 saturated heterocycles. The number of unbranched alkanes of at least 4 members (excludes halogenated alkanes) is 2. The molecule has 1 fully saturated rings. The van der Waals surface area contributed by atoms with Crippen molar-refractivity contribution in [1.29, 1.82) is 0 Å². The van der Waals surface area contributed by atoms with Crippen molar-refractivity contribution in [3.8, 4) is 0 Å². The van der Waals surface area contributed by atoms with E-state index in [2.05, 4.69) is 22.2 Å². The Morgan fingerprint density at radius 1 is 1.35 bits per heavy atom. The molecule has 0 atom stereocenters. The topological polar surface area (TPSA) is 88.7 Å². The van der Waals surface area contributed by atoms with Crippen molar-refractivity contribution in [3.63, 3.8) is 0 Å². The molecule has 0 unspecified atom stereocenters. The van der Waals surface area contributed by atoms with Crippen LogP contribution in [0.25, 0.3) is 11.0 Å². The number of hydrogen-bond acceptors (Lipinski definition) is 4. The Bertz CT molecular complexity index is 712. The number of aromatic amines is 1. The second-order valence-corrected chi connectivity index (χ2v) is 6.58.